The Morgan fingerprint density at radius 1 is 1.19 bits per heavy atom. The zero-order chi connectivity index (χ0) is 30.8. The maximum Gasteiger partial charge on any atom is 1.00 e. The number of ether oxygens (including phenoxy) is 1. The maximum absolute atomic E-state index is 13.4. The predicted molar refractivity (Wildman–Crippen MR) is 140 cm³/mol. The molecule has 2 N–H and O–H groups in total. The second-order valence-electron chi connectivity index (χ2n) is 9.16. The third kappa shape index (κ3) is 7.13. The monoisotopic (exact) mass is 642 g/mol. The molecule has 6 amide bonds. The quantitative estimate of drug-likeness (QED) is 0.147. The van der Waals surface area contributed by atoms with Gasteiger partial charge in [-0.15, -0.1) is 11.8 Å². The van der Waals surface area contributed by atoms with E-state index in [4.69, 9.17) is 10.00 Å². The summed E-state index contributed by atoms with van der Waals surface area (Å²) in [5.74, 6) is -4.56. The van der Waals surface area contributed by atoms with Crippen LogP contribution in [0.25, 0.3) is 0 Å². The zero-order valence-corrected chi connectivity index (χ0v) is 26.4. The molecule has 1 aromatic rings. The van der Waals surface area contributed by atoms with Gasteiger partial charge in [-0.3, -0.25) is 14.4 Å². The van der Waals surface area contributed by atoms with Crippen LogP contribution in [0.4, 0.5) is 9.59 Å². The van der Waals surface area contributed by atoms with E-state index < -0.39 is 74.3 Å². The molecule has 3 aliphatic heterocycles. The number of hydrogen-bond acceptors (Lipinski definition) is 12. The minimum absolute atomic E-state index is 0. The van der Waals surface area contributed by atoms with Crippen LogP contribution in [0.2, 0.25) is 0 Å². The summed E-state index contributed by atoms with van der Waals surface area (Å²) < 4.78 is 29.6. The molecule has 2 saturated heterocycles. The number of carboxylic acid groups (broad SMARTS) is 1. The molecule has 1 aromatic carbocycles. The standard InChI is InChI=1S/C24H24N6O10S2.Na/c1-13(31)40-12-15-11-29-20(33)17(21(29)41-18(15)22(34)35)26-19(32)16(14-5-3-2-4-6-14)27-23(36)28-8-9-30(24(28)37)42(38,39)10-7-25;/h2-6,11,16-18,21H,8-10,12H2,1H3,(H,26,32)(H,27,36)(H,34,35);/q;+1/p-1/t16-,17?,18?,21-;/m1./s1. The van der Waals surface area contributed by atoms with Gasteiger partial charge in [0.25, 0.3) is 15.9 Å². The molecule has 3 heterocycles. The average molecular weight is 643 g/mol. The number of carbonyl (C=O) groups excluding carboxylic acids is 6. The van der Waals surface area contributed by atoms with Gasteiger partial charge in [0.2, 0.25) is 5.91 Å². The van der Waals surface area contributed by atoms with Crippen LogP contribution >= 0.6 is 11.8 Å². The normalized spacial score (nSPS) is 21.7. The molecule has 222 valence electrons. The van der Waals surface area contributed by atoms with Crippen molar-refractivity contribution in [3.63, 3.8) is 0 Å². The van der Waals surface area contributed by atoms with Crippen molar-refractivity contribution in [2.75, 3.05) is 25.4 Å². The molecule has 16 nitrogen and oxygen atoms in total. The van der Waals surface area contributed by atoms with Crippen LogP contribution in [-0.4, -0.2) is 100 Å². The molecular formula is C24H23N6NaO10S2. The number of aliphatic carboxylic acids is 1. The summed E-state index contributed by atoms with van der Waals surface area (Å²) >= 11 is 0.795. The summed E-state index contributed by atoms with van der Waals surface area (Å²) in [6.45, 7) is 0.0548. The van der Waals surface area contributed by atoms with Crippen LogP contribution in [0.1, 0.15) is 18.5 Å². The molecule has 43 heavy (non-hydrogen) atoms. The number of fused-ring (bicyclic) bond motifs is 1. The molecule has 4 atom stereocenters. The number of urea groups is 2. The van der Waals surface area contributed by atoms with Gasteiger partial charge in [-0.25, -0.2) is 27.2 Å². The molecule has 0 spiro atoms. The van der Waals surface area contributed by atoms with Gasteiger partial charge >= 0.3 is 47.6 Å². The molecular weight excluding hydrogens is 619 g/mol. The molecule has 0 aliphatic carbocycles. The molecule has 2 unspecified atom stereocenters. The van der Waals surface area contributed by atoms with Crippen molar-refractivity contribution in [3.05, 3.63) is 47.7 Å². The van der Waals surface area contributed by atoms with Crippen LogP contribution in [0.5, 0.6) is 0 Å². The van der Waals surface area contributed by atoms with Crippen LogP contribution in [0, 0.1) is 11.3 Å². The Balaban J connectivity index is 0.00000506. The number of amides is 6. The SMILES string of the molecule is CC(=O)OCC1=CN2C(=O)C(NC(=O)[C@H](NC(=O)N3CCN(S(=O)(=O)CC#N)C3=O)c3ccccc3)[C@H]2SC1C(=O)[O-].[Na+]. The fraction of sp³-hybridized carbons (Fsp3) is 0.375. The molecule has 0 bridgehead atoms. The van der Waals surface area contributed by atoms with E-state index >= 15 is 0 Å². The number of β-lactam (4-membered cyclic amide) rings is 1. The van der Waals surface area contributed by atoms with Crippen molar-refractivity contribution in [2.45, 2.75) is 29.6 Å². The number of benzene rings is 1. The van der Waals surface area contributed by atoms with Gasteiger partial charge in [0.1, 0.15) is 24.1 Å². The van der Waals surface area contributed by atoms with Crippen LogP contribution < -0.4 is 45.3 Å². The van der Waals surface area contributed by atoms with E-state index in [-0.39, 0.29) is 60.4 Å². The van der Waals surface area contributed by atoms with Gasteiger partial charge in [-0.2, -0.15) is 5.26 Å². The third-order valence-electron chi connectivity index (χ3n) is 6.41. The summed E-state index contributed by atoms with van der Waals surface area (Å²) in [4.78, 5) is 76.6. The number of imide groups is 1. The summed E-state index contributed by atoms with van der Waals surface area (Å²) in [6.07, 6.45) is 1.23. The van der Waals surface area contributed by atoms with Crippen molar-refractivity contribution in [1.82, 2.24) is 24.7 Å². The van der Waals surface area contributed by atoms with Crippen molar-refractivity contribution in [1.29, 1.82) is 5.26 Å². The van der Waals surface area contributed by atoms with Gasteiger partial charge in [-0.1, -0.05) is 30.3 Å². The zero-order valence-electron chi connectivity index (χ0n) is 22.8. The molecule has 3 aliphatic rings. The van der Waals surface area contributed by atoms with Gasteiger partial charge in [0, 0.05) is 18.7 Å². The van der Waals surface area contributed by atoms with Gasteiger partial charge < -0.3 is 30.2 Å². The number of hydrogen-bond donors (Lipinski definition) is 2. The molecule has 0 aromatic heterocycles. The second kappa shape index (κ2) is 13.8. The maximum atomic E-state index is 13.4. The largest absolute Gasteiger partial charge is 1.00 e. The Morgan fingerprint density at radius 2 is 1.86 bits per heavy atom. The van der Waals surface area contributed by atoms with E-state index in [0.29, 0.717) is 9.21 Å². The van der Waals surface area contributed by atoms with Crippen molar-refractivity contribution >= 4 is 57.6 Å². The summed E-state index contributed by atoms with van der Waals surface area (Å²) in [7, 11) is -4.27. The number of sulfonamides is 1. The van der Waals surface area contributed by atoms with E-state index in [1.165, 1.54) is 29.3 Å². The topological polar surface area (TPSA) is 226 Å². The average Bonchev–Trinajstić information content (AvgIpc) is 3.35. The Hall–Kier alpha value is -3.63. The molecule has 4 rings (SSSR count). The van der Waals surface area contributed by atoms with Crippen molar-refractivity contribution in [3.8, 4) is 6.07 Å². The van der Waals surface area contributed by atoms with Gasteiger partial charge in [0.05, 0.1) is 30.4 Å². The second-order valence-corrected chi connectivity index (χ2v) is 12.3. The number of rotatable bonds is 9. The van der Waals surface area contributed by atoms with Gasteiger partial charge in [-0.05, 0) is 5.56 Å². The Morgan fingerprint density at radius 3 is 2.47 bits per heavy atom. The summed E-state index contributed by atoms with van der Waals surface area (Å²) in [5, 5.41) is 23.2. The predicted octanol–water partition coefficient (Wildman–Crippen LogP) is -5.00. The smallest absolute Gasteiger partial charge is 0.549 e. The summed E-state index contributed by atoms with van der Waals surface area (Å²) in [6, 6.07) is 4.32. The number of nitrogens with zero attached hydrogens (tertiary/aromatic N) is 4. The van der Waals surface area contributed by atoms with Gasteiger partial charge in [0.15, 0.2) is 5.75 Å². The van der Waals surface area contributed by atoms with Crippen LogP contribution in [0.3, 0.4) is 0 Å². The molecule has 0 radical (unpaired) electrons. The first kappa shape index (κ1) is 33.9. The number of thioether (sulfide) groups is 1. The van der Waals surface area contributed by atoms with Crippen LogP contribution in [-0.2, 0) is 33.9 Å². The van der Waals surface area contributed by atoms with Crippen LogP contribution in [0.15, 0.2) is 42.1 Å². The number of esters is 1. The molecule has 2 fully saturated rings. The third-order valence-corrected chi connectivity index (χ3v) is 9.46. The Kier molecular flexibility index (Phi) is 10.8. The number of carboxylic acids is 1. The summed E-state index contributed by atoms with van der Waals surface area (Å²) in [5.41, 5.74) is 0.375. The van der Waals surface area contributed by atoms with E-state index in [9.17, 15) is 42.3 Å². The first-order valence-electron chi connectivity index (χ1n) is 12.2. The number of nitriles is 1. The van der Waals surface area contributed by atoms with E-state index in [1.807, 2.05) is 0 Å². The number of carbonyl (C=O) groups is 6. The Bertz CT molecular complexity index is 1520. The van der Waals surface area contributed by atoms with E-state index in [2.05, 4.69) is 10.6 Å². The first-order chi connectivity index (χ1) is 19.9. The van der Waals surface area contributed by atoms with E-state index in [0.717, 1.165) is 18.7 Å². The fourth-order valence-electron chi connectivity index (χ4n) is 4.39. The van der Waals surface area contributed by atoms with E-state index in [1.54, 1.807) is 18.2 Å². The van der Waals surface area contributed by atoms with Crippen molar-refractivity contribution in [2.24, 2.45) is 0 Å². The molecule has 0 saturated carbocycles. The van der Waals surface area contributed by atoms with Crippen molar-refractivity contribution < 1.29 is 76.6 Å². The minimum atomic E-state index is -4.27. The molecule has 19 heteroatoms. The number of nitrogens with one attached hydrogen (secondary N) is 2. The first-order valence-corrected chi connectivity index (χ1v) is 14.8. The minimum Gasteiger partial charge on any atom is -0.549 e. The fourth-order valence-corrected chi connectivity index (χ4v) is 6.73. The Labute approximate surface area is 271 Å².